The molecule has 1 aromatic carbocycles. The number of aromatic hydroxyl groups is 2. The van der Waals surface area contributed by atoms with Crippen LogP contribution < -0.4 is 5.32 Å². The van der Waals surface area contributed by atoms with Crippen molar-refractivity contribution in [3.05, 3.63) is 23.8 Å². The molecule has 4 nitrogen and oxygen atoms in total. The van der Waals surface area contributed by atoms with Gasteiger partial charge in [0.25, 0.3) is 0 Å². The predicted octanol–water partition coefficient (Wildman–Crippen LogP) is 1.91. The zero-order valence-corrected chi connectivity index (χ0v) is 10.2. The second-order valence-corrected chi connectivity index (χ2v) is 4.18. The first kappa shape index (κ1) is 13.8. The Morgan fingerprint density at radius 1 is 1.18 bits per heavy atom. The minimum absolute atomic E-state index is 0.170. The minimum Gasteiger partial charge on any atom is -0.504 e. The molecular weight excluding hydrogens is 218 g/mol. The van der Waals surface area contributed by atoms with Gasteiger partial charge in [-0.05, 0) is 30.7 Å². The van der Waals surface area contributed by atoms with E-state index in [-0.39, 0.29) is 11.5 Å². The first-order valence-electron chi connectivity index (χ1n) is 6.05. The van der Waals surface area contributed by atoms with Crippen LogP contribution in [0.1, 0.15) is 37.9 Å². The lowest BCUT2D eigenvalue weighted by atomic mass is 10.1. The highest BCUT2D eigenvalue weighted by Crippen LogP contribution is 2.27. The third kappa shape index (κ3) is 4.63. The largest absolute Gasteiger partial charge is 0.504 e. The smallest absolute Gasteiger partial charge is 0.157 e. The van der Waals surface area contributed by atoms with E-state index < -0.39 is 6.10 Å². The first-order valence-corrected chi connectivity index (χ1v) is 6.05. The van der Waals surface area contributed by atoms with Crippen molar-refractivity contribution in [1.29, 1.82) is 0 Å². The average molecular weight is 239 g/mol. The topological polar surface area (TPSA) is 72.7 Å². The maximum Gasteiger partial charge on any atom is 0.157 e. The monoisotopic (exact) mass is 239 g/mol. The van der Waals surface area contributed by atoms with Gasteiger partial charge in [0.1, 0.15) is 0 Å². The van der Waals surface area contributed by atoms with Gasteiger partial charge in [-0.25, -0.2) is 0 Å². The number of unbranched alkanes of at least 4 members (excludes halogenated alkanes) is 2. The van der Waals surface area contributed by atoms with Crippen molar-refractivity contribution in [2.75, 3.05) is 13.1 Å². The zero-order chi connectivity index (χ0) is 12.7. The molecule has 4 heteroatoms. The molecule has 0 aliphatic rings. The Labute approximate surface area is 102 Å². The Morgan fingerprint density at radius 2 is 1.94 bits per heavy atom. The van der Waals surface area contributed by atoms with Crippen molar-refractivity contribution in [1.82, 2.24) is 5.32 Å². The fourth-order valence-electron chi connectivity index (χ4n) is 1.60. The van der Waals surface area contributed by atoms with Crippen LogP contribution in [0.2, 0.25) is 0 Å². The predicted molar refractivity (Wildman–Crippen MR) is 67.1 cm³/mol. The van der Waals surface area contributed by atoms with Crippen LogP contribution in [0.15, 0.2) is 18.2 Å². The molecule has 0 heterocycles. The quantitative estimate of drug-likeness (QED) is 0.433. The number of aliphatic hydroxyl groups is 1. The van der Waals surface area contributed by atoms with Gasteiger partial charge in [0.15, 0.2) is 11.5 Å². The lowest BCUT2D eigenvalue weighted by Crippen LogP contribution is -2.22. The van der Waals surface area contributed by atoms with E-state index in [1.165, 1.54) is 25.0 Å². The molecule has 17 heavy (non-hydrogen) atoms. The van der Waals surface area contributed by atoms with E-state index in [4.69, 9.17) is 5.11 Å². The number of aliphatic hydroxyl groups excluding tert-OH is 1. The molecule has 0 aliphatic heterocycles. The fraction of sp³-hybridized carbons (Fsp3) is 0.538. The standard InChI is InChI=1S/C13H21NO3/c1-2-3-4-7-14-9-13(17)10-5-6-11(15)12(16)8-10/h5-6,8,13-17H,2-4,7,9H2,1H3. The van der Waals surface area contributed by atoms with E-state index in [2.05, 4.69) is 12.2 Å². The third-order valence-corrected chi connectivity index (χ3v) is 2.68. The van der Waals surface area contributed by atoms with Gasteiger partial charge in [0.05, 0.1) is 6.10 Å². The molecule has 96 valence electrons. The maximum absolute atomic E-state index is 9.84. The van der Waals surface area contributed by atoms with E-state index in [1.807, 2.05) is 0 Å². The van der Waals surface area contributed by atoms with Gasteiger partial charge in [-0.1, -0.05) is 25.8 Å². The minimum atomic E-state index is -0.664. The molecule has 0 fully saturated rings. The molecule has 0 radical (unpaired) electrons. The SMILES string of the molecule is CCCCCNCC(O)c1ccc(O)c(O)c1. The number of hydrogen-bond acceptors (Lipinski definition) is 4. The van der Waals surface area contributed by atoms with Crippen molar-refractivity contribution >= 4 is 0 Å². The van der Waals surface area contributed by atoms with Crippen LogP contribution >= 0.6 is 0 Å². The number of nitrogens with one attached hydrogen (secondary N) is 1. The Bertz CT molecular complexity index is 341. The fourth-order valence-corrected chi connectivity index (χ4v) is 1.60. The summed E-state index contributed by atoms with van der Waals surface area (Å²) in [5, 5.41) is 31.5. The molecule has 4 N–H and O–H groups in total. The lowest BCUT2D eigenvalue weighted by Gasteiger charge is -2.12. The van der Waals surface area contributed by atoms with E-state index in [9.17, 15) is 10.2 Å². The summed E-state index contributed by atoms with van der Waals surface area (Å²) in [4.78, 5) is 0. The molecule has 1 rings (SSSR count). The second-order valence-electron chi connectivity index (χ2n) is 4.18. The molecular formula is C13H21NO3. The second kappa shape index (κ2) is 7.14. The Morgan fingerprint density at radius 3 is 2.59 bits per heavy atom. The highest BCUT2D eigenvalue weighted by atomic mass is 16.3. The summed E-state index contributed by atoms with van der Waals surface area (Å²) in [7, 11) is 0. The van der Waals surface area contributed by atoms with E-state index >= 15 is 0 Å². The number of phenolic OH excluding ortho intramolecular Hbond substituents is 2. The van der Waals surface area contributed by atoms with E-state index in [0.717, 1.165) is 13.0 Å². The van der Waals surface area contributed by atoms with Gasteiger partial charge in [-0.3, -0.25) is 0 Å². The van der Waals surface area contributed by atoms with Crippen LogP contribution in [0.5, 0.6) is 11.5 Å². The Kier molecular flexibility index (Phi) is 5.80. The molecule has 0 amide bonds. The number of phenols is 2. The summed E-state index contributed by atoms with van der Waals surface area (Å²) in [5.74, 6) is -0.371. The summed E-state index contributed by atoms with van der Waals surface area (Å²) in [6, 6.07) is 4.37. The number of hydrogen-bond donors (Lipinski definition) is 4. The molecule has 0 bridgehead atoms. The Hall–Kier alpha value is -1.26. The van der Waals surface area contributed by atoms with Gasteiger partial charge >= 0.3 is 0 Å². The molecule has 0 saturated heterocycles. The van der Waals surface area contributed by atoms with Gasteiger partial charge in [-0.2, -0.15) is 0 Å². The van der Waals surface area contributed by atoms with Crippen molar-refractivity contribution in [3.63, 3.8) is 0 Å². The van der Waals surface area contributed by atoms with Crippen LogP contribution in [0.3, 0.4) is 0 Å². The van der Waals surface area contributed by atoms with Crippen LogP contribution in [0, 0.1) is 0 Å². The van der Waals surface area contributed by atoms with Crippen molar-refractivity contribution < 1.29 is 15.3 Å². The summed E-state index contributed by atoms with van der Waals surface area (Å²) < 4.78 is 0. The van der Waals surface area contributed by atoms with Crippen LogP contribution in [0.4, 0.5) is 0 Å². The van der Waals surface area contributed by atoms with Crippen LogP contribution in [0.25, 0.3) is 0 Å². The van der Waals surface area contributed by atoms with Crippen molar-refractivity contribution in [2.45, 2.75) is 32.3 Å². The highest BCUT2D eigenvalue weighted by molar-refractivity contribution is 5.41. The van der Waals surface area contributed by atoms with Gasteiger partial charge in [0.2, 0.25) is 0 Å². The summed E-state index contributed by atoms with van der Waals surface area (Å²) in [6.45, 7) is 3.48. The average Bonchev–Trinajstić information content (AvgIpc) is 2.32. The van der Waals surface area contributed by atoms with Crippen molar-refractivity contribution in [2.24, 2.45) is 0 Å². The zero-order valence-electron chi connectivity index (χ0n) is 10.2. The molecule has 1 aromatic rings. The van der Waals surface area contributed by atoms with Crippen LogP contribution in [-0.2, 0) is 0 Å². The molecule has 1 unspecified atom stereocenters. The highest BCUT2D eigenvalue weighted by Gasteiger charge is 2.09. The summed E-state index contributed by atoms with van der Waals surface area (Å²) in [5.41, 5.74) is 0.600. The lowest BCUT2D eigenvalue weighted by molar-refractivity contribution is 0.174. The Balaban J connectivity index is 2.36. The van der Waals surface area contributed by atoms with Gasteiger partial charge < -0.3 is 20.6 Å². The summed E-state index contributed by atoms with van der Waals surface area (Å²) >= 11 is 0. The van der Waals surface area contributed by atoms with Gasteiger partial charge in [0, 0.05) is 6.54 Å². The van der Waals surface area contributed by atoms with Gasteiger partial charge in [-0.15, -0.1) is 0 Å². The number of benzene rings is 1. The molecule has 1 atom stereocenters. The molecule has 0 aliphatic carbocycles. The summed E-state index contributed by atoms with van der Waals surface area (Å²) in [6.07, 6.45) is 2.80. The molecule has 0 aromatic heterocycles. The normalized spacial score (nSPS) is 12.6. The van der Waals surface area contributed by atoms with Crippen LogP contribution in [-0.4, -0.2) is 28.4 Å². The third-order valence-electron chi connectivity index (χ3n) is 2.68. The number of rotatable bonds is 7. The maximum atomic E-state index is 9.84. The van der Waals surface area contributed by atoms with E-state index in [1.54, 1.807) is 6.07 Å². The molecule has 0 spiro atoms. The first-order chi connectivity index (χ1) is 8.15. The van der Waals surface area contributed by atoms with E-state index in [0.29, 0.717) is 12.1 Å². The molecule has 0 saturated carbocycles. The van der Waals surface area contributed by atoms with Crippen molar-refractivity contribution in [3.8, 4) is 11.5 Å².